The SMILES string of the molecule is CCOC(=O)C1=NN(C(C)=O)C2(CC(=O)N(c3ccc(Cl)cc3)C2=O)C1. The number of ether oxygens (including phenoxy) is 1. The molecule has 1 fully saturated rings. The van der Waals surface area contributed by atoms with Crippen LogP contribution in [0.4, 0.5) is 5.69 Å². The van der Waals surface area contributed by atoms with Crippen LogP contribution >= 0.6 is 11.6 Å². The number of hydrogen-bond donors (Lipinski definition) is 0. The number of amides is 3. The molecule has 2 aliphatic rings. The van der Waals surface area contributed by atoms with Gasteiger partial charge in [0.15, 0.2) is 5.54 Å². The first kappa shape index (κ1) is 18.1. The third kappa shape index (κ3) is 2.76. The van der Waals surface area contributed by atoms with Gasteiger partial charge in [0.05, 0.1) is 18.7 Å². The van der Waals surface area contributed by atoms with Gasteiger partial charge in [0.25, 0.3) is 5.91 Å². The molecule has 0 bridgehead atoms. The van der Waals surface area contributed by atoms with Crippen LogP contribution in [0.5, 0.6) is 0 Å². The van der Waals surface area contributed by atoms with Crippen molar-refractivity contribution in [2.45, 2.75) is 32.2 Å². The first-order valence-electron chi connectivity index (χ1n) is 7.98. The molecule has 1 aromatic rings. The first-order valence-corrected chi connectivity index (χ1v) is 8.36. The molecule has 1 unspecified atom stereocenters. The van der Waals surface area contributed by atoms with E-state index in [0.29, 0.717) is 10.7 Å². The Labute approximate surface area is 154 Å². The Morgan fingerprint density at radius 1 is 1.23 bits per heavy atom. The second-order valence-electron chi connectivity index (χ2n) is 5.99. The molecule has 26 heavy (non-hydrogen) atoms. The monoisotopic (exact) mass is 377 g/mol. The number of hydrogen-bond acceptors (Lipinski definition) is 6. The van der Waals surface area contributed by atoms with Crippen molar-refractivity contribution in [1.29, 1.82) is 0 Å². The zero-order valence-corrected chi connectivity index (χ0v) is 14.9. The van der Waals surface area contributed by atoms with Crippen molar-refractivity contribution in [1.82, 2.24) is 5.01 Å². The minimum Gasteiger partial charge on any atom is -0.461 e. The minimum absolute atomic E-state index is 0.0545. The molecule has 2 aliphatic heterocycles. The number of imide groups is 1. The summed E-state index contributed by atoms with van der Waals surface area (Å²) in [7, 11) is 0. The van der Waals surface area contributed by atoms with Crippen molar-refractivity contribution in [2.75, 3.05) is 11.5 Å². The van der Waals surface area contributed by atoms with Gasteiger partial charge in [-0.25, -0.2) is 14.7 Å². The summed E-state index contributed by atoms with van der Waals surface area (Å²) in [6.07, 6.45) is -0.430. The molecule has 3 amide bonds. The van der Waals surface area contributed by atoms with Crippen LogP contribution in [0, 0.1) is 0 Å². The summed E-state index contributed by atoms with van der Waals surface area (Å²) in [6, 6.07) is 6.19. The van der Waals surface area contributed by atoms with E-state index in [1.54, 1.807) is 19.1 Å². The fourth-order valence-corrected chi connectivity index (χ4v) is 3.31. The molecule has 8 nitrogen and oxygen atoms in total. The maximum absolute atomic E-state index is 13.1. The Morgan fingerprint density at radius 3 is 2.46 bits per heavy atom. The van der Waals surface area contributed by atoms with E-state index in [1.807, 2.05) is 0 Å². The normalized spacial score (nSPS) is 22.2. The van der Waals surface area contributed by atoms with Gasteiger partial charge >= 0.3 is 5.97 Å². The van der Waals surface area contributed by atoms with Crippen LogP contribution in [0.1, 0.15) is 26.7 Å². The molecule has 1 saturated heterocycles. The smallest absolute Gasteiger partial charge is 0.354 e. The molecule has 2 heterocycles. The largest absolute Gasteiger partial charge is 0.461 e. The van der Waals surface area contributed by atoms with Crippen molar-refractivity contribution in [3.8, 4) is 0 Å². The lowest BCUT2D eigenvalue weighted by atomic mass is 9.91. The van der Waals surface area contributed by atoms with Gasteiger partial charge in [-0.1, -0.05) is 11.6 Å². The van der Waals surface area contributed by atoms with Crippen molar-refractivity contribution < 1.29 is 23.9 Å². The zero-order chi connectivity index (χ0) is 19.1. The molecule has 136 valence electrons. The van der Waals surface area contributed by atoms with Crippen LogP contribution in [-0.4, -0.2) is 46.6 Å². The third-order valence-corrected chi connectivity index (χ3v) is 4.53. The van der Waals surface area contributed by atoms with Gasteiger partial charge in [-0.05, 0) is 31.2 Å². The molecule has 0 aromatic heterocycles. The Morgan fingerprint density at radius 2 is 1.88 bits per heavy atom. The molecule has 1 atom stereocenters. The number of anilines is 1. The second kappa shape index (κ2) is 6.53. The highest BCUT2D eigenvalue weighted by molar-refractivity contribution is 6.39. The number of carbonyl (C=O) groups excluding carboxylic acids is 4. The Balaban J connectivity index is 1.98. The highest BCUT2D eigenvalue weighted by atomic mass is 35.5. The van der Waals surface area contributed by atoms with E-state index >= 15 is 0 Å². The minimum atomic E-state index is -1.54. The molecule has 9 heteroatoms. The van der Waals surface area contributed by atoms with E-state index in [4.69, 9.17) is 16.3 Å². The van der Waals surface area contributed by atoms with Gasteiger partial charge in [0.2, 0.25) is 11.8 Å². The van der Waals surface area contributed by atoms with E-state index in [-0.39, 0.29) is 25.2 Å². The van der Waals surface area contributed by atoms with Gasteiger partial charge in [0, 0.05) is 18.4 Å². The molecular formula is C17H16ClN3O5. The zero-order valence-electron chi connectivity index (χ0n) is 14.2. The molecule has 0 N–H and O–H groups in total. The number of rotatable bonds is 3. The standard InChI is InChI=1S/C17H16ClN3O5/c1-3-26-15(24)13-8-17(21(19-13)10(2)22)9-14(23)20(16(17)25)12-6-4-11(18)5-7-12/h4-7H,3,8-9H2,1-2H3. The van der Waals surface area contributed by atoms with E-state index in [1.165, 1.54) is 19.1 Å². The predicted molar refractivity (Wildman–Crippen MR) is 92.5 cm³/mol. The number of esters is 1. The van der Waals surface area contributed by atoms with Crippen LogP contribution in [0.3, 0.4) is 0 Å². The lowest BCUT2D eigenvalue weighted by Gasteiger charge is -2.28. The van der Waals surface area contributed by atoms with Crippen LogP contribution in [0.2, 0.25) is 5.02 Å². The number of benzene rings is 1. The van der Waals surface area contributed by atoms with Crippen LogP contribution in [-0.2, 0) is 23.9 Å². The van der Waals surface area contributed by atoms with Crippen molar-refractivity contribution in [3.05, 3.63) is 29.3 Å². The van der Waals surface area contributed by atoms with Crippen LogP contribution in [0.25, 0.3) is 0 Å². The maximum Gasteiger partial charge on any atom is 0.354 e. The van der Waals surface area contributed by atoms with Gasteiger partial charge < -0.3 is 4.74 Å². The summed E-state index contributed by atoms with van der Waals surface area (Å²) in [6.45, 7) is 3.00. The van der Waals surface area contributed by atoms with E-state index in [9.17, 15) is 19.2 Å². The Kier molecular flexibility index (Phi) is 4.53. The van der Waals surface area contributed by atoms with Crippen LogP contribution < -0.4 is 4.90 Å². The second-order valence-corrected chi connectivity index (χ2v) is 6.43. The van der Waals surface area contributed by atoms with Gasteiger partial charge in [-0.3, -0.25) is 14.4 Å². The molecule has 0 radical (unpaired) electrons. The summed E-state index contributed by atoms with van der Waals surface area (Å²) in [5.41, 5.74) is -1.25. The van der Waals surface area contributed by atoms with Gasteiger partial charge in [-0.2, -0.15) is 5.10 Å². The molecule has 3 rings (SSSR count). The number of carbonyl (C=O) groups is 4. The van der Waals surface area contributed by atoms with E-state index in [2.05, 4.69) is 5.10 Å². The third-order valence-electron chi connectivity index (χ3n) is 4.27. The molecule has 0 aliphatic carbocycles. The number of halogens is 1. The summed E-state index contributed by atoms with van der Waals surface area (Å²) in [5.74, 6) is -2.34. The van der Waals surface area contributed by atoms with E-state index < -0.39 is 29.2 Å². The number of hydrazone groups is 1. The molecule has 1 spiro atoms. The molecular weight excluding hydrogens is 362 g/mol. The van der Waals surface area contributed by atoms with Crippen molar-refractivity contribution >= 4 is 46.7 Å². The highest BCUT2D eigenvalue weighted by Crippen LogP contribution is 2.40. The van der Waals surface area contributed by atoms with E-state index in [0.717, 1.165) is 9.91 Å². The average molecular weight is 378 g/mol. The molecule has 0 saturated carbocycles. The van der Waals surface area contributed by atoms with Gasteiger partial charge in [0.1, 0.15) is 5.71 Å². The lowest BCUT2D eigenvalue weighted by Crippen LogP contribution is -2.51. The fourth-order valence-electron chi connectivity index (χ4n) is 3.18. The Bertz CT molecular complexity index is 835. The first-order chi connectivity index (χ1) is 12.3. The highest BCUT2D eigenvalue weighted by Gasteiger charge is 2.61. The summed E-state index contributed by atoms with van der Waals surface area (Å²) < 4.78 is 4.91. The van der Waals surface area contributed by atoms with Crippen molar-refractivity contribution in [3.63, 3.8) is 0 Å². The topological polar surface area (TPSA) is 96.3 Å². The summed E-state index contributed by atoms with van der Waals surface area (Å²) in [4.78, 5) is 50.7. The predicted octanol–water partition coefficient (Wildman–Crippen LogP) is 1.51. The fraction of sp³-hybridized carbons (Fsp3) is 0.353. The number of nitrogens with zero attached hydrogens (tertiary/aromatic N) is 3. The van der Waals surface area contributed by atoms with Crippen LogP contribution in [0.15, 0.2) is 29.4 Å². The Hall–Kier alpha value is -2.74. The quantitative estimate of drug-likeness (QED) is 0.587. The van der Waals surface area contributed by atoms with Crippen molar-refractivity contribution in [2.24, 2.45) is 5.10 Å². The lowest BCUT2D eigenvalue weighted by molar-refractivity contribution is -0.141. The molecule has 1 aromatic carbocycles. The average Bonchev–Trinajstić information content (AvgIpc) is 3.08. The maximum atomic E-state index is 13.1. The van der Waals surface area contributed by atoms with Gasteiger partial charge in [-0.15, -0.1) is 0 Å². The summed E-state index contributed by atoms with van der Waals surface area (Å²) >= 11 is 5.85. The summed E-state index contributed by atoms with van der Waals surface area (Å²) in [5, 5.41) is 5.36.